The summed E-state index contributed by atoms with van der Waals surface area (Å²) in [6, 6.07) is 9.98. The molecule has 2 N–H and O–H groups in total. The number of benzene rings is 1. The lowest BCUT2D eigenvalue weighted by Crippen LogP contribution is -2.13. The Kier molecular flexibility index (Phi) is 4.84. The lowest BCUT2D eigenvalue weighted by atomic mass is 10.0. The molecule has 0 saturated heterocycles. The van der Waals surface area contributed by atoms with Crippen molar-refractivity contribution in [2.24, 2.45) is 5.73 Å². The molecule has 0 fully saturated rings. The Hall–Kier alpha value is -0.360. The van der Waals surface area contributed by atoms with E-state index >= 15 is 0 Å². The van der Waals surface area contributed by atoms with Crippen molar-refractivity contribution < 1.29 is 4.74 Å². The molecule has 96 valence electrons. The number of halogens is 2. The smallest absolute Gasteiger partial charge is 0.119 e. The fraction of sp³-hybridized carbons (Fsp3) is 0.231. The predicted octanol–water partition coefficient (Wildman–Crippen LogP) is 4.52. The Labute approximate surface area is 127 Å². The van der Waals surface area contributed by atoms with Crippen LogP contribution in [0.2, 0.25) is 0 Å². The van der Waals surface area contributed by atoms with Gasteiger partial charge in [0, 0.05) is 21.8 Å². The van der Waals surface area contributed by atoms with E-state index in [1.165, 1.54) is 4.88 Å². The van der Waals surface area contributed by atoms with Gasteiger partial charge in [-0.25, -0.2) is 0 Å². The molecule has 2 rings (SSSR count). The Morgan fingerprint density at radius 3 is 2.67 bits per heavy atom. The summed E-state index contributed by atoms with van der Waals surface area (Å²) < 4.78 is 7.39. The first-order chi connectivity index (χ1) is 8.60. The second-order valence-corrected chi connectivity index (χ2v) is 7.31. The van der Waals surface area contributed by atoms with Crippen molar-refractivity contribution in [3.63, 3.8) is 0 Å². The summed E-state index contributed by atoms with van der Waals surface area (Å²) in [7, 11) is 1.66. The summed E-state index contributed by atoms with van der Waals surface area (Å²) in [5.41, 5.74) is 7.33. The molecule has 0 aliphatic heterocycles. The fourth-order valence-electron chi connectivity index (χ4n) is 1.72. The monoisotopic (exact) mass is 389 g/mol. The second-order valence-electron chi connectivity index (χ2n) is 3.90. The molecule has 1 heterocycles. The molecule has 1 atom stereocenters. The van der Waals surface area contributed by atoms with Crippen LogP contribution in [0.25, 0.3) is 0 Å². The van der Waals surface area contributed by atoms with Crippen LogP contribution in [-0.2, 0) is 6.42 Å². The van der Waals surface area contributed by atoms with Gasteiger partial charge in [0.1, 0.15) is 5.75 Å². The van der Waals surface area contributed by atoms with Crippen LogP contribution in [-0.4, -0.2) is 7.11 Å². The van der Waals surface area contributed by atoms with Gasteiger partial charge < -0.3 is 10.5 Å². The van der Waals surface area contributed by atoms with Crippen LogP contribution in [0.5, 0.6) is 5.75 Å². The van der Waals surface area contributed by atoms with Crippen LogP contribution in [0.15, 0.2) is 38.6 Å². The quantitative estimate of drug-likeness (QED) is 0.832. The van der Waals surface area contributed by atoms with Gasteiger partial charge >= 0.3 is 0 Å². The molecular formula is C13H13Br2NOS. The van der Waals surface area contributed by atoms with Gasteiger partial charge in [-0.15, -0.1) is 11.3 Å². The molecule has 5 heteroatoms. The molecular weight excluding hydrogens is 378 g/mol. The van der Waals surface area contributed by atoms with Crippen molar-refractivity contribution >= 4 is 43.2 Å². The summed E-state index contributed by atoms with van der Waals surface area (Å²) in [4.78, 5) is 1.27. The molecule has 1 aromatic heterocycles. The summed E-state index contributed by atoms with van der Waals surface area (Å²) in [5.74, 6) is 0.830. The van der Waals surface area contributed by atoms with Crippen LogP contribution in [0.3, 0.4) is 0 Å². The van der Waals surface area contributed by atoms with Crippen molar-refractivity contribution in [1.29, 1.82) is 0 Å². The Bertz CT molecular complexity index is 542. The Morgan fingerprint density at radius 1 is 1.28 bits per heavy atom. The molecule has 2 aromatic rings. The molecule has 1 aromatic carbocycles. The van der Waals surface area contributed by atoms with E-state index < -0.39 is 0 Å². The van der Waals surface area contributed by atoms with Crippen LogP contribution < -0.4 is 10.5 Å². The predicted molar refractivity (Wildman–Crippen MR) is 83.3 cm³/mol. The molecule has 0 radical (unpaired) electrons. The molecule has 0 bridgehead atoms. The third-order valence-corrected chi connectivity index (χ3v) is 5.02. The topological polar surface area (TPSA) is 35.2 Å². The number of methoxy groups -OCH3 is 1. The van der Waals surface area contributed by atoms with Gasteiger partial charge in [0.15, 0.2) is 0 Å². The minimum atomic E-state index is -0.0416. The summed E-state index contributed by atoms with van der Waals surface area (Å²) in [6.07, 6.45) is 0.821. The zero-order valence-corrected chi connectivity index (χ0v) is 13.8. The first kappa shape index (κ1) is 14.1. The van der Waals surface area contributed by atoms with E-state index in [0.717, 1.165) is 26.0 Å². The van der Waals surface area contributed by atoms with Crippen molar-refractivity contribution in [2.45, 2.75) is 12.5 Å². The SMILES string of the molecule is COc1ccc(Br)c(C(N)Cc2ccc(Br)s2)c1. The number of nitrogens with two attached hydrogens (primary N) is 1. The van der Waals surface area contributed by atoms with Gasteiger partial charge in [-0.05, 0) is 51.8 Å². The zero-order chi connectivity index (χ0) is 13.1. The number of hydrogen-bond donors (Lipinski definition) is 1. The number of hydrogen-bond acceptors (Lipinski definition) is 3. The average molecular weight is 391 g/mol. The van der Waals surface area contributed by atoms with E-state index in [4.69, 9.17) is 10.5 Å². The van der Waals surface area contributed by atoms with Gasteiger partial charge in [0.25, 0.3) is 0 Å². The van der Waals surface area contributed by atoms with Gasteiger partial charge in [0.05, 0.1) is 10.9 Å². The van der Waals surface area contributed by atoms with Crippen LogP contribution in [0.4, 0.5) is 0 Å². The summed E-state index contributed by atoms with van der Waals surface area (Å²) >= 11 is 8.72. The number of rotatable bonds is 4. The molecule has 0 aliphatic rings. The second kappa shape index (κ2) is 6.19. The Balaban J connectivity index is 2.20. The van der Waals surface area contributed by atoms with Crippen molar-refractivity contribution in [1.82, 2.24) is 0 Å². The van der Waals surface area contributed by atoms with Gasteiger partial charge in [0.2, 0.25) is 0 Å². The highest BCUT2D eigenvalue weighted by molar-refractivity contribution is 9.11. The van der Waals surface area contributed by atoms with E-state index in [2.05, 4.69) is 37.9 Å². The van der Waals surface area contributed by atoms with E-state index in [1.54, 1.807) is 18.4 Å². The van der Waals surface area contributed by atoms with E-state index in [0.29, 0.717) is 0 Å². The molecule has 2 nitrogen and oxygen atoms in total. The zero-order valence-electron chi connectivity index (χ0n) is 9.82. The minimum absolute atomic E-state index is 0.0416. The van der Waals surface area contributed by atoms with Crippen molar-refractivity contribution in [3.05, 3.63) is 49.0 Å². The maximum absolute atomic E-state index is 6.27. The molecule has 0 spiro atoms. The lowest BCUT2D eigenvalue weighted by molar-refractivity contribution is 0.413. The van der Waals surface area contributed by atoms with Gasteiger partial charge in [-0.1, -0.05) is 15.9 Å². The summed E-state index contributed by atoms with van der Waals surface area (Å²) in [5, 5.41) is 0. The van der Waals surface area contributed by atoms with E-state index in [9.17, 15) is 0 Å². The highest BCUT2D eigenvalue weighted by Gasteiger charge is 2.13. The highest BCUT2D eigenvalue weighted by atomic mass is 79.9. The van der Waals surface area contributed by atoms with E-state index in [1.807, 2.05) is 24.3 Å². The largest absolute Gasteiger partial charge is 0.497 e. The van der Waals surface area contributed by atoms with Crippen molar-refractivity contribution in [2.75, 3.05) is 7.11 Å². The molecule has 0 saturated carbocycles. The third-order valence-electron chi connectivity index (χ3n) is 2.65. The first-order valence-electron chi connectivity index (χ1n) is 5.43. The third kappa shape index (κ3) is 3.35. The van der Waals surface area contributed by atoms with Crippen molar-refractivity contribution in [3.8, 4) is 5.75 Å². The van der Waals surface area contributed by atoms with E-state index in [-0.39, 0.29) is 6.04 Å². The fourth-order valence-corrected chi connectivity index (χ4v) is 3.80. The minimum Gasteiger partial charge on any atom is -0.497 e. The molecule has 18 heavy (non-hydrogen) atoms. The van der Waals surface area contributed by atoms with Crippen LogP contribution in [0.1, 0.15) is 16.5 Å². The summed E-state index contributed by atoms with van der Waals surface area (Å²) in [6.45, 7) is 0. The molecule has 1 unspecified atom stereocenters. The van der Waals surface area contributed by atoms with Gasteiger partial charge in [-0.2, -0.15) is 0 Å². The van der Waals surface area contributed by atoms with Crippen LogP contribution in [0, 0.1) is 0 Å². The number of thiophene rings is 1. The lowest BCUT2D eigenvalue weighted by Gasteiger charge is -2.14. The van der Waals surface area contributed by atoms with Gasteiger partial charge in [-0.3, -0.25) is 0 Å². The Morgan fingerprint density at radius 2 is 2.06 bits per heavy atom. The maximum atomic E-state index is 6.27. The highest BCUT2D eigenvalue weighted by Crippen LogP contribution is 2.31. The first-order valence-corrected chi connectivity index (χ1v) is 7.83. The molecule has 0 aliphatic carbocycles. The standard InChI is InChI=1S/C13H13Br2NOS/c1-17-8-2-4-11(14)10(6-8)12(16)7-9-3-5-13(15)18-9/h2-6,12H,7,16H2,1H3. The average Bonchev–Trinajstić information content (AvgIpc) is 2.75. The van der Waals surface area contributed by atoms with Crippen LogP contribution >= 0.6 is 43.2 Å². The maximum Gasteiger partial charge on any atom is 0.119 e. The molecule has 0 amide bonds. The number of ether oxygens (including phenoxy) is 1. The normalized spacial score (nSPS) is 12.4.